The molecule has 0 atom stereocenters. The number of aromatic nitrogens is 1. The van der Waals surface area contributed by atoms with Crippen LogP contribution in [0.15, 0.2) is 72.9 Å². The summed E-state index contributed by atoms with van der Waals surface area (Å²) < 4.78 is 12.5. The van der Waals surface area contributed by atoms with Gasteiger partial charge in [0.2, 0.25) is 5.78 Å². The first kappa shape index (κ1) is 22.4. The maximum absolute atomic E-state index is 13.1. The lowest BCUT2D eigenvalue weighted by atomic mass is 10.1. The smallest absolute Gasteiger partial charge is 0.341 e. The van der Waals surface area contributed by atoms with Crippen molar-refractivity contribution in [1.29, 1.82) is 0 Å². The standard InChI is InChI=1S/C26H26N2O5/c29-25(30)19-33-23-6-1-4-20(18-23)5-2-12-28-13-3-7-24(28)26(31)21-8-10-22(11-9-21)27-14-16-32-17-15-27/h1-11,13,18H,12,14-17,19H2,(H,29,30)/b5-2+. The molecule has 0 amide bonds. The maximum Gasteiger partial charge on any atom is 0.341 e. The van der Waals surface area contributed by atoms with Gasteiger partial charge in [0.15, 0.2) is 6.61 Å². The molecule has 1 saturated heterocycles. The Morgan fingerprint density at radius 3 is 2.58 bits per heavy atom. The lowest BCUT2D eigenvalue weighted by Gasteiger charge is -2.28. The van der Waals surface area contributed by atoms with E-state index in [1.165, 1.54) is 0 Å². The van der Waals surface area contributed by atoms with E-state index < -0.39 is 5.97 Å². The van der Waals surface area contributed by atoms with Crippen LogP contribution >= 0.6 is 0 Å². The van der Waals surface area contributed by atoms with Crippen LogP contribution in [0.25, 0.3) is 6.08 Å². The van der Waals surface area contributed by atoms with Crippen LogP contribution in [0.5, 0.6) is 5.75 Å². The zero-order chi connectivity index (χ0) is 23.0. The topological polar surface area (TPSA) is 81.0 Å². The van der Waals surface area contributed by atoms with Gasteiger partial charge in [0, 0.05) is 37.1 Å². The van der Waals surface area contributed by atoms with E-state index in [0.717, 1.165) is 37.6 Å². The molecule has 33 heavy (non-hydrogen) atoms. The fraction of sp³-hybridized carbons (Fsp3) is 0.231. The molecule has 2 heterocycles. The number of aliphatic carboxylic acids is 1. The van der Waals surface area contributed by atoms with Crippen molar-refractivity contribution >= 4 is 23.5 Å². The molecule has 1 N–H and O–H groups in total. The molecule has 0 bridgehead atoms. The van der Waals surface area contributed by atoms with Gasteiger partial charge >= 0.3 is 5.97 Å². The van der Waals surface area contributed by atoms with Crippen LogP contribution in [0, 0.1) is 0 Å². The minimum Gasteiger partial charge on any atom is -0.482 e. The first-order valence-corrected chi connectivity index (χ1v) is 10.8. The van der Waals surface area contributed by atoms with E-state index in [9.17, 15) is 9.59 Å². The largest absolute Gasteiger partial charge is 0.482 e. The summed E-state index contributed by atoms with van der Waals surface area (Å²) in [5, 5.41) is 8.74. The van der Waals surface area contributed by atoms with Gasteiger partial charge in [0.05, 0.1) is 18.9 Å². The molecule has 1 aliphatic rings. The molecule has 0 aliphatic carbocycles. The minimum atomic E-state index is -1.02. The highest BCUT2D eigenvalue weighted by molar-refractivity contribution is 6.08. The number of hydrogen-bond donors (Lipinski definition) is 1. The van der Waals surface area contributed by atoms with Crippen molar-refractivity contribution in [2.75, 3.05) is 37.8 Å². The van der Waals surface area contributed by atoms with Gasteiger partial charge in [-0.1, -0.05) is 24.3 Å². The van der Waals surface area contributed by atoms with Crippen molar-refractivity contribution in [2.45, 2.75) is 6.54 Å². The average molecular weight is 447 g/mol. The first-order chi connectivity index (χ1) is 16.1. The van der Waals surface area contributed by atoms with Crippen molar-refractivity contribution in [1.82, 2.24) is 4.57 Å². The van der Waals surface area contributed by atoms with E-state index >= 15 is 0 Å². The molecule has 1 aromatic heterocycles. The van der Waals surface area contributed by atoms with Crippen molar-refractivity contribution in [3.05, 3.63) is 89.8 Å². The number of ether oxygens (including phenoxy) is 2. The molecule has 0 saturated carbocycles. The zero-order valence-electron chi connectivity index (χ0n) is 18.2. The van der Waals surface area contributed by atoms with Crippen molar-refractivity contribution in [2.24, 2.45) is 0 Å². The van der Waals surface area contributed by atoms with Crippen LogP contribution in [0.1, 0.15) is 21.6 Å². The summed E-state index contributed by atoms with van der Waals surface area (Å²) in [7, 11) is 0. The van der Waals surface area contributed by atoms with Crippen LogP contribution in [-0.2, 0) is 16.1 Å². The summed E-state index contributed by atoms with van der Waals surface area (Å²) in [6.07, 6.45) is 5.75. The van der Waals surface area contributed by atoms with Crippen molar-refractivity contribution < 1.29 is 24.2 Å². The number of allylic oxidation sites excluding steroid dienone is 1. The lowest BCUT2D eigenvalue weighted by molar-refractivity contribution is -0.139. The molecule has 0 radical (unpaired) electrons. The predicted molar refractivity (Wildman–Crippen MR) is 126 cm³/mol. The van der Waals surface area contributed by atoms with E-state index in [1.54, 1.807) is 12.1 Å². The first-order valence-electron chi connectivity index (χ1n) is 10.8. The number of carbonyl (C=O) groups is 2. The van der Waals surface area contributed by atoms with Crippen LogP contribution in [-0.4, -0.2) is 54.3 Å². The normalized spacial score (nSPS) is 13.9. The van der Waals surface area contributed by atoms with E-state index in [1.807, 2.05) is 71.4 Å². The van der Waals surface area contributed by atoms with Gasteiger partial charge in [0.25, 0.3) is 0 Å². The van der Waals surface area contributed by atoms with Crippen LogP contribution < -0.4 is 9.64 Å². The second-order valence-electron chi connectivity index (χ2n) is 7.68. The third-order valence-electron chi connectivity index (χ3n) is 5.40. The summed E-state index contributed by atoms with van der Waals surface area (Å²) in [6.45, 7) is 3.31. The Balaban J connectivity index is 1.40. The van der Waals surface area contributed by atoms with Gasteiger partial charge in [-0.15, -0.1) is 0 Å². The van der Waals surface area contributed by atoms with Crippen molar-refractivity contribution in [3.8, 4) is 5.75 Å². The fourth-order valence-corrected chi connectivity index (χ4v) is 3.73. The number of carboxylic acids is 1. The van der Waals surface area contributed by atoms with Gasteiger partial charge in [-0.25, -0.2) is 4.79 Å². The number of morpholine rings is 1. The second kappa shape index (κ2) is 10.7. The monoisotopic (exact) mass is 446 g/mol. The molecule has 170 valence electrons. The molecule has 4 rings (SSSR count). The Hall–Kier alpha value is -3.84. The van der Waals surface area contributed by atoms with Gasteiger partial charge in [-0.05, 0) is 54.1 Å². The number of hydrogen-bond acceptors (Lipinski definition) is 5. The maximum atomic E-state index is 13.1. The third kappa shape index (κ3) is 5.90. The quantitative estimate of drug-likeness (QED) is 0.505. The number of anilines is 1. The zero-order valence-corrected chi connectivity index (χ0v) is 18.2. The number of rotatable bonds is 9. The highest BCUT2D eigenvalue weighted by Crippen LogP contribution is 2.19. The SMILES string of the molecule is O=C(O)COc1cccc(/C=C/Cn2cccc2C(=O)c2ccc(N3CCOCC3)cc2)c1. The predicted octanol–water partition coefficient (Wildman–Crippen LogP) is 3.73. The van der Waals surface area contributed by atoms with Gasteiger partial charge in [0.1, 0.15) is 5.75 Å². The van der Waals surface area contributed by atoms with E-state index in [2.05, 4.69) is 4.90 Å². The number of carbonyl (C=O) groups excluding carboxylic acids is 1. The Morgan fingerprint density at radius 1 is 1.03 bits per heavy atom. The molecule has 7 nitrogen and oxygen atoms in total. The summed E-state index contributed by atoms with van der Waals surface area (Å²) in [5.74, 6) is -0.542. The summed E-state index contributed by atoms with van der Waals surface area (Å²) in [6, 6.07) is 18.6. The molecule has 7 heteroatoms. The summed E-state index contributed by atoms with van der Waals surface area (Å²) in [5.41, 5.74) is 3.26. The Kier molecular flexibility index (Phi) is 7.22. The van der Waals surface area contributed by atoms with E-state index in [-0.39, 0.29) is 12.4 Å². The highest BCUT2D eigenvalue weighted by Gasteiger charge is 2.15. The molecule has 3 aromatic rings. The number of ketones is 1. The second-order valence-corrected chi connectivity index (χ2v) is 7.68. The number of nitrogens with zero attached hydrogens (tertiary/aromatic N) is 2. The van der Waals surface area contributed by atoms with E-state index in [0.29, 0.717) is 23.6 Å². The highest BCUT2D eigenvalue weighted by atomic mass is 16.5. The molecule has 1 aliphatic heterocycles. The van der Waals surface area contributed by atoms with Gasteiger partial charge in [-0.2, -0.15) is 0 Å². The lowest BCUT2D eigenvalue weighted by Crippen LogP contribution is -2.36. The fourth-order valence-electron chi connectivity index (χ4n) is 3.73. The number of benzene rings is 2. The minimum absolute atomic E-state index is 0.0222. The molecule has 0 spiro atoms. The van der Waals surface area contributed by atoms with Gasteiger partial charge < -0.3 is 24.0 Å². The van der Waals surface area contributed by atoms with Gasteiger partial charge in [-0.3, -0.25) is 4.79 Å². The Labute approximate surface area is 192 Å². The Morgan fingerprint density at radius 2 is 1.82 bits per heavy atom. The van der Waals surface area contributed by atoms with Crippen molar-refractivity contribution in [3.63, 3.8) is 0 Å². The Bertz CT molecular complexity index is 1130. The molecule has 2 aromatic carbocycles. The molecule has 1 fully saturated rings. The van der Waals surface area contributed by atoms with Crippen LogP contribution in [0.4, 0.5) is 5.69 Å². The van der Waals surface area contributed by atoms with E-state index in [4.69, 9.17) is 14.6 Å². The van der Waals surface area contributed by atoms with Crippen LogP contribution in [0.2, 0.25) is 0 Å². The summed E-state index contributed by atoms with van der Waals surface area (Å²) in [4.78, 5) is 26.0. The van der Waals surface area contributed by atoms with Crippen LogP contribution in [0.3, 0.4) is 0 Å². The average Bonchev–Trinajstić information content (AvgIpc) is 3.32. The number of carboxylic acid groups (broad SMARTS) is 1. The third-order valence-corrected chi connectivity index (χ3v) is 5.40. The molecule has 0 unspecified atom stereocenters. The molecular formula is C26H26N2O5. The molecular weight excluding hydrogens is 420 g/mol. The summed E-state index contributed by atoms with van der Waals surface area (Å²) >= 11 is 0.